The summed E-state index contributed by atoms with van der Waals surface area (Å²) in [5, 5.41) is 10.3. The summed E-state index contributed by atoms with van der Waals surface area (Å²) in [5.74, 6) is 0. The lowest BCUT2D eigenvalue weighted by Gasteiger charge is -2.29. The van der Waals surface area contributed by atoms with Crippen LogP contribution in [0.4, 0.5) is 4.79 Å². The van der Waals surface area contributed by atoms with Gasteiger partial charge in [-0.3, -0.25) is 4.68 Å². The maximum Gasteiger partial charge on any atom is 0.408 e. The fraction of sp³-hybridized carbons (Fsp3) is 0.714. The molecule has 0 fully saturated rings. The van der Waals surface area contributed by atoms with E-state index in [1.54, 1.807) is 6.20 Å². The Balaban J connectivity index is 2.38. The Morgan fingerprint density at radius 3 is 2.50 bits per heavy atom. The molecule has 114 valence electrons. The Labute approximate surface area is 120 Å². The fourth-order valence-corrected chi connectivity index (χ4v) is 1.70. The van der Waals surface area contributed by atoms with E-state index in [4.69, 9.17) is 4.74 Å². The fourth-order valence-electron chi connectivity index (χ4n) is 1.70. The first-order valence-electron chi connectivity index (χ1n) is 6.78. The molecule has 0 aliphatic carbocycles. The lowest BCUT2D eigenvalue weighted by Crippen LogP contribution is -2.51. The number of hydrogen-bond acceptors (Lipinski definition) is 4. The summed E-state index contributed by atoms with van der Waals surface area (Å²) in [7, 11) is 1.90. The first-order valence-corrected chi connectivity index (χ1v) is 6.78. The molecular weight excluding hydrogens is 256 g/mol. The van der Waals surface area contributed by atoms with E-state index in [-0.39, 0.29) is 5.54 Å². The number of aromatic nitrogens is 2. The topological polar surface area (TPSA) is 68.2 Å². The SMILES string of the molecule is Cn1nccc1CNCC(C)(C)NC(=O)OC(C)(C)C. The molecule has 1 aromatic rings. The van der Waals surface area contributed by atoms with Gasteiger partial charge in [0.2, 0.25) is 0 Å². The van der Waals surface area contributed by atoms with Crippen LogP contribution in [-0.4, -0.2) is 33.6 Å². The molecule has 0 spiro atoms. The van der Waals surface area contributed by atoms with E-state index in [1.165, 1.54) is 0 Å². The van der Waals surface area contributed by atoms with E-state index >= 15 is 0 Å². The molecule has 0 aliphatic rings. The highest BCUT2D eigenvalue weighted by Gasteiger charge is 2.24. The van der Waals surface area contributed by atoms with Crippen molar-refractivity contribution in [1.82, 2.24) is 20.4 Å². The van der Waals surface area contributed by atoms with Crippen molar-refractivity contribution in [3.05, 3.63) is 18.0 Å². The standard InChI is InChI=1S/C14H26N4O2/c1-13(2,3)20-12(19)17-14(4,5)10-15-9-11-7-8-16-18(11)6/h7-8,15H,9-10H2,1-6H3,(H,17,19). The van der Waals surface area contributed by atoms with Gasteiger partial charge in [-0.05, 0) is 40.7 Å². The summed E-state index contributed by atoms with van der Waals surface area (Å²) in [6.07, 6.45) is 1.37. The first kappa shape index (κ1) is 16.5. The highest BCUT2D eigenvalue weighted by atomic mass is 16.6. The Morgan fingerprint density at radius 2 is 2.00 bits per heavy atom. The Hall–Kier alpha value is -1.56. The van der Waals surface area contributed by atoms with Gasteiger partial charge in [0.15, 0.2) is 0 Å². The third kappa shape index (κ3) is 6.06. The molecule has 6 heteroatoms. The van der Waals surface area contributed by atoms with Gasteiger partial charge in [-0.25, -0.2) is 4.79 Å². The summed E-state index contributed by atoms with van der Waals surface area (Å²) >= 11 is 0. The maximum absolute atomic E-state index is 11.7. The van der Waals surface area contributed by atoms with E-state index in [2.05, 4.69) is 15.7 Å². The molecule has 0 unspecified atom stereocenters. The summed E-state index contributed by atoms with van der Waals surface area (Å²) in [6, 6.07) is 1.96. The average Bonchev–Trinajstić information content (AvgIpc) is 2.60. The number of hydrogen-bond donors (Lipinski definition) is 2. The molecule has 1 amide bonds. The second-order valence-corrected chi connectivity index (χ2v) is 6.56. The van der Waals surface area contributed by atoms with E-state index < -0.39 is 11.7 Å². The van der Waals surface area contributed by atoms with Crippen LogP contribution in [0.2, 0.25) is 0 Å². The van der Waals surface area contributed by atoms with Gasteiger partial charge in [0, 0.05) is 26.3 Å². The first-order chi connectivity index (χ1) is 9.09. The Kier molecular flexibility index (Phi) is 5.16. The highest BCUT2D eigenvalue weighted by Crippen LogP contribution is 2.09. The van der Waals surface area contributed by atoms with Crippen LogP contribution in [0, 0.1) is 0 Å². The van der Waals surface area contributed by atoms with Gasteiger partial charge >= 0.3 is 6.09 Å². The van der Waals surface area contributed by atoms with Crippen molar-refractivity contribution >= 4 is 6.09 Å². The van der Waals surface area contributed by atoms with Crippen molar-refractivity contribution in [3.8, 4) is 0 Å². The minimum absolute atomic E-state index is 0.388. The largest absolute Gasteiger partial charge is 0.444 e. The number of aryl methyl sites for hydroxylation is 1. The van der Waals surface area contributed by atoms with Crippen molar-refractivity contribution in [2.45, 2.75) is 52.3 Å². The van der Waals surface area contributed by atoms with Gasteiger partial charge in [-0.15, -0.1) is 0 Å². The number of carbonyl (C=O) groups is 1. The Morgan fingerprint density at radius 1 is 1.35 bits per heavy atom. The van der Waals surface area contributed by atoms with E-state index in [1.807, 2.05) is 52.4 Å². The van der Waals surface area contributed by atoms with Crippen LogP contribution in [0.25, 0.3) is 0 Å². The maximum atomic E-state index is 11.7. The zero-order chi connectivity index (χ0) is 15.4. The predicted molar refractivity (Wildman–Crippen MR) is 78.4 cm³/mol. The summed E-state index contributed by atoms with van der Waals surface area (Å²) in [6.45, 7) is 10.8. The van der Waals surface area contributed by atoms with Gasteiger partial charge in [0.1, 0.15) is 5.60 Å². The number of carbonyl (C=O) groups excluding carboxylic acids is 1. The second kappa shape index (κ2) is 6.26. The molecule has 0 atom stereocenters. The number of alkyl carbamates (subject to hydrolysis) is 1. The molecule has 1 heterocycles. The molecule has 0 aromatic carbocycles. The molecule has 2 N–H and O–H groups in total. The molecule has 1 aromatic heterocycles. The monoisotopic (exact) mass is 282 g/mol. The van der Waals surface area contributed by atoms with Crippen LogP contribution in [-0.2, 0) is 18.3 Å². The third-order valence-electron chi connectivity index (χ3n) is 2.63. The Bertz CT molecular complexity index is 446. The van der Waals surface area contributed by atoms with E-state index in [9.17, 15) is 4.79 Å². The van der Waals surface area contributed by atoms with Crippen molar-refractivity contribution in [2.24, 2.45) is 7.05 Å². The molecule has 0 saturated carbocycles. The number of ether oxygens (including phenoxy) is 1. The van der Waals surface area contributed by atoms with Gasteiger partial charge in [0.05, 0.1) is 11.2 Å². The second-order valence-electron chi connectivity index (χ2n) is 6.56. The molecule has 1 rings (SSSR count). The predicted octanol–water partition coefficient (Wildman–Crippen LogP) is 1.81. The van der Waals surface area contributed by atoms with Crippen molar-refractivity contribution in [3.63, 3.8) is 0 Å². The lowest BCUT2D eigenvalue weighted by atomic mass is 10.1. The van der Waals surface area contributed by atoms with Gasteiger partial charge in [-0.1, -0.05) is 0 Å². The molecular formula is C14H26N4O2. The van der Waals surface area contributed by atoms with E-state index in [0.29, 0.717) is 13.1 Å². The number of amides is 1. The van der Waals surface area contributed by atoms with Crippen LogP contribution in [0.1, 0.15) is 40.3 Å². The number of nitrogens with one attached hydrogen (secondary N) is 2. The summed E-state index contributed by atoms with van der Waals surface area (Å²) in [4.78, 5) is 11.7. The smallest absolute Gasteiger partial charge is 0.408 e. The summed E-state index contributed by atoms with van der Waals surface area (Å²) < 4.78 is 7.07. The molecule has 0 saturated heterocycles. The zero-order valence-electron chi connectivity index (χ0n) is 13.3. The molecule has 0 bridgehead atoms. The minimum Gasteiger partial charge on any atom is -0.444 e. The highest BCUT2D eigenvalue weighted by molar-refractivity contribution is 5.68. The number of nitrogens with zero attached hydrogens (tertiary/aromatic N) is 2. The van der Waals surface area contributed by atoms with Crippen molar-refractivity contribution in [1.29, 1.82) is 0 Å². The van der Waals surface area contributed by atoms with Crippen LogP contribution in [0.3, 0.4) is 0 Å². The van der Waals surface area contributed by atoms with Gasteiger partial charge in [0.25, 0.3) is 0 Å². The van der Waals surface area contributed by atoms with Gasteiger partial charge < -0.3 is 15.4 Å². The quantitative estimate of drug-likeness (QED) is 0.864. The van der Waals surface area contributed by atoms with Crippen molar-refractivity contribution < 1.29 is 9.53 Å². The molecule has 0 radical (unpaired) electrons. The summed E-state index contributed by atoms with van der Waals surface area (Å²) in [5.41, 5.74) is 0.224. The molecule has 0 aliphatic heterocycles. The average molecular weight is 282 g/mol. The normalized spacial score (nSPS) is 12.3. The van der Waals surface area contributed by atoms with Crippen molar-refractivity contribution in [2.75, 3.05) is 6.54 Å². The zero-order valence-corrected chi connectivity index (χ0v) is 13.3. The van der Waals surface area contributed by atoms with Crippen LogP contribution >= 0.6 is 0 Å². The number of rotatable bonds is 5. The minimum atomic E-state index is -0.484. The van der Waals surface area contributed by atoms with Crippen LogP contribution in [0.15, 0.2) is 12.3 Å². The molecule has 20 heavy (non-hydrogen) atoms. The third-order valence-corrected chi connectivity index (χ3v) is 2.63. The molecule has 6 nitrogen and oxygen atoms in total. The lowest BCUT2D eigenvalue weighted by molar-refractivity contribution is 0.0472. The van der Waals surface area contributed by atoms with Gasteiger partial charge in [-0.2, -0.15) is 5.10 Å². The van der Waals surface area contributed by atoms with E-state index in [0.717, 1.165) is 5.69 Å². The van der Waals surface area contributed by atoms with Crippen LogP contribution < -0.4 is 10.6 Å². The van der Waals surface area contributed by atoms with Crippen LogP contribution in [0.5, 0.6) is 0 Å².